The van der Waals surface area contributed by atoms with E-state index >= 15 is 0 Å². The van der Waals surface area contributed by atoms with Crippen LogP contribution in [-0.2, 0) is 11.2 Å². The van der Waals surface area contributed by atoms with Crippen molar-refractivity contribution in [1.29, 1.82) is 0 Å². The molecular formula is C14H18ClFO2. The molecule has 0 saturated carbocycles. The Morgan fingerprint density at radius 1 is 1.50 bits per heavy atom. The van der Waals surface area contributed by atoms with E-state index in [1.54, 1.807) is 12.1 Å². The topological polar surface area (TPSA) is 29.5 Å². The quantitative estimate of drug-likeness (QED) is 0.914. The summed E-state index contributed by atoms with van der Waals surface area (Å²) < 4.78 is 19.4. The second-order valence-corrected chi connectivity index (χ2v) is 5.46. The van der Waals surface area contributed by atoms with Crippen LogP contribution in [-0.4, -0.2) is 23.4 Å². The van der Waals surface area contributed by atoms with Crippen LogP contribution in [0.5, 0.6) is 0 Å². The van der Waals surface area contributed by atoms with Gasteiger partial charge >= 0.3 is 0 Å². The van der Waals surface area contributed by atoms with Crippen molar-refractivity contribution in [3.8, 4) is 0 Å². The van der Waals surface area contributed by atoms with Crippen LogP contribution in [0.25, 0.3) is 0 Å². The van der Waals surface area contributed by atoms with Crippen molar-refractivity contribution in [3.05, 3.63) is 34.6 Å². The van der Waals surface area contributed by atoms with Crippen molar-refractivity contribution in [2.75, 3.05) is 6.61 Å². The van der Waals surface area contributed by atoms with Gasteiger partial charge in [0.05, 0.1) is 16.7 Å². The maximum Gasteiger partial charge on any atom is 0.145 e. The molecule has 1 aromatic rings. The van der Waals surface area contributed by atoms with Crippen LogP contribution in [0.2, 0.25) is 5.02 Å². The minimum atomic E-state index is -0.717. The first kappa shape index (κ1) is 13.8. The van der Waals surface area contributed by atoms with E-state index in [0.29, 0.717) is 12.2 Å². The zero-order chi connectivity index (χ0) is 13.2. The van der Waals surface area contributed by atoms with E-state index in [-0.39, 0.29) is 11.4 Å². The van der Waals surface area contributed by atoms with Crippen molar-refractivity contribution in [2.45, 2.75) is 44.3 Å². The molecule has 0 aromatic heterocycles. The zero-order valence-electron chi connectivity index (χ0n) is 10.5. The van der Waals surface area contributed by atoms with Gasteiger partial charge in [0.25, 0.3) is 0 Å². The standard InChI is InChI=1S/C14H18ClFO2/c1-14(7-2-3-8-18-14)12(17)9-10-5-4-6-11(15)13(10)16/h4-6,12,17H,2-3,7-9H2,1H3. The van der Waals surface area contributed by atoms with Gasteiger partial charge in [-0.2, -0.15) is 0 Å². The Kier molecular flexibility index (Phi) is 4.25. The van der Waals surface area contributed by atoms with Gasteiger partial charge in [0, 0.05) is 13.0 Å². The Labute approximate surface area is 112 Å². The molecule has 1 fully saturated rings. The molecule has 100 valence electrons. The molecule has 0 spiro atoms. The first-order valence-electron chi connectivity index (χ1n) is 6.28. The minimum absolute atomic E-state index is 0.0921. The van der Waals surface area contributed by atoms with Gasteiger partial charge in [-0.1, -0.05) is 23.7 Å². The second kappa shape index (κ2) is 5.55. The summed E-state index contributed by atoms with van der Waals surface area (Å²) in [5, 5.41) is 10.4. The molecule has 2 nitrogen and oxygen atoms in total. The van der Waals surface area contributed by atoms with Gasteiger partial charge < -0.3 is 9.84 Å². The monoisotopic (exact) mass is 272 g/mol. The maximum absolute atomic E-state index is 13.8. The Balaban J connectivity index is 2.10. The van der Waals surface area contributed by atoms with E-state index < -0.39 is 17.5 Å². The number of ether oxygens (including phenoxy) is 1. The van der Waals surface area contributed by atoms with Crippen molar-refractivity contribution >= 4 is 11.6 Å². The fourth-order valence-corrected chi connectivity index (χ4v) is 2.54. The molecule has 4 heteroatoms. The molecular weight excluding hydrogens is 255 g/mol. The SMILES string of the molecule is CC1(C(O)Cc2cccc(Cl)c2F)CCCCO1. The molecule has 2 atom stereocenters. The molecule has 1 heterocycles. The number of hydrogen-bond acceptors (Lipinski definition) is 2. The fraction of sp³-hybridized carbons (Fsp3) is 0.571. The lowest BCUT2D eigenvalue weighted by molar-refractivity contribution is -0.135. The molecule has 1 N–H and O–H groups in total. The molecule has 1 saturated heterocycles. The number of aliphatic hydroxyl groups is 1. The van der Waals surface area contributed by atoms with Gasteiger partial charge in [-0.15, -0.1) is 0 Å². The van der Waals surface area contributed by atoms with Crippen molar-refractivity contribution in [2.24, 2.45) is 0 Å². The van der Waals surface area contributed by atoms with E-state index in [9.17, 15) is 9.50 Å². The Morgan fingerprint density at radius 3 is 2.94 bits per heavy atom. The summed E-state index contributed by atoms with van der Waals surface area (Å²) in [7, 11) is 0. The van der Waals surface area contributed by atoms with Crippen LogP contribution >= 0.6 is 11.6 Å². The number of rotatable bonds is 3. The largest absolute Gasteiger partial charge is 0.390 e. The number of hydrogen-bond donors (Lipinski definition) is 1. The van der Waals surface area contributed by atoms with Gasteiger partial charge in [-0.05, 0) is 37.8 Å². The number of aliphatic hydroxyl groups excluding tert-OH is 1. The van der Waals surface area contributed by atoms with E-state index in [1.807, 2.05) is 6.92 Å². The molecule has 0 aliphatic carbocycles. The summed E-state index contributed by atoms with van der Waals surface area (Å²) >= 11 is 5.73. The van der Waals surface area contributed by atoms with Crippen molar-refractivity contribution in [1.82, 2.24) is 0 Å². The highest BCUT2D eigenvalue weighted by Gasteiger charge is 2.36. The minimum Gasteiger partial charge on any atom is -0.390 e. The molecule has 0 amide bonds. The summed E-state index contributed by atoms with van der Waals surface area (Å²) in [5.41, 5.74) is -0.141. The summed E-state index contributed by atoms with van der Waals surface area (Å²) in [6.07, 6.45) is 2.37. The molecule has 18 heavy (non-hydrogen) atoms. The lowest BCUT2D eigenvalue weighted by Gasteiger charge is -2.38. The smallest absolute Gasteiger partial charge is 0.145 e. The lowest BCUT2D eigenvalue weighted by Crippen LogP contribution is -2.45. The van der Waals surface area contributed by atoms with Gasteiger partial charge in [0.1, 0.15) is 5.82 Å². The summed E-state index contributed by atoms with van der Waals surface area (Å²) in [6.45, 7) is 2.55. The molecule has 1 aromatic carbocycles. The summed E-state index contributed by atoms with van der Waals surface area (Å²) in [4.78, 5) is 0. The van der Waals surface area contributed by atoms with Crippen LogP contribution in [0.1, 0.15) is 31.7 Å². The van der Waals surface area contributed by atoms with Crippen molar-refractivity contribution < 1.29 is 14.2 Å². The molecule has 2 unspecified atom stereocenters. The van der Waals surface area contributed by atoms with E-state index in [2.05, 4.69) is 0 Å². The average molecular weight is 273 g/mol. The molecule has 1 aliphatic rings. The fourth-order valence-electron chi connectivity index (χ4n) is 2.35. The highest BCUT2D eigenvalue weighted by molar-refractivity contribution is 6.30. The van der Waals surface area contributed by atoms with Crippen LogP contribution in [0.3, 0.4) is 0 Å². The number of benzene rings is 1. The predicted octanol–water partition coefficient (Wildman–Crippen LogP) is 3.34. The van der Waals surface area contributed by atoms with Gasteiger partial charge in [-0.25, -0.2) is 4.39 Å². The molecule has 0 bridgehead atoms. The third-order valence-electron chi connectivity index (χ3n) is 3.65. The van der Waals surface area contributed by atoms with E-state index in [1.165, 1.54) is 6.07 Å². The third-order valence-corrected chi connectivity index (χ3v) is 3.94. The van der Waals surface area contributed by atoms with Gasteiger partial charge in [-0.3, -0.25) is 0 Å². The first-order chi connectivity index (χ1) is 8.53. The average Bonchev–Trinajstić information content (AvgIpc) is 2.36. The first-order valence-corrected chi connectivity index (χ1v) is 6.65. The maximum atomic E-state index is 13.8. The van der Waals surface area contributed by atoms with Crippen LogP contribution < -0.4 is 0 Å². The van der Waals surface area contributed by atoms with Crippen LogP contribution in [0, 0.1) is 5.82 Å². The van der Waals surface area contributed by atoms with Crippen LogP contribution in [0.15, 0.2) is 18.2 Å². The molecule has 0 radical (unpaired) electrons. The van der Waals surface area contributed by atoms with Gasteiger partial charge in [0.15, 0.2) is 0 Å². The van der Waals surface area contributed by atoms with Crippen LogP contribution in [0.4, 0.5) is 4.39 Å². The highest BCUT2D eigenvalue weighted by atomic mass is 35.5. The number of halogens is 2. The Hall–Kier alpha value is -0.640. The van der Waals surface area contributed by atoms with E-state index in [4.69, 9.17) is 16.3 Å². The normalized spacial score (nSPS) is 26.0. The lowest BCUT2D eigenvalue weighted by atomic mass is 9.87. The highest BCUT2D eigenvalue weighted by Crippen LogP contribution is 2.30. The zero-order valence-corrected chi connectivity index (χ0v) is 11.2. The van der Waals surface area contributed by atoms with E-state index in [0.717, 1.165) is 19.3 Å². The molecule has 1 aliphatic heterocycles. The second-order valence-electron chi connectivity index (χ2n) is 5.05. The predicted molar refractivity (Wildman–Crippen MR) is 69.3 cm³/mol. The van der Waals surface area contributed by atoms with Gasteiger partial charge in [0.2, 0.25) is 0 Å². The Bertz CT molecular complexity index is 416. The van der Waals surface area contributed by atoms with Crippen molar-refractivity contribution in [3.63, 3.8) is 0 Å². The summed E-state index contributed by atoms with van der Waals surface area (Å²) in [5.74, 6) is -0.447. The Morgan fingerprint density at radius 2 is 2.28 bits per heavy atom. The summed E-state index contributed by atoms with van der Waals surface area (Å²) in [6, 6.07) is 4.85. The molecule has 2 rings (SSSR count). The third kappa shape index (κ3) is 2.85.